The Labute approximate surface area is 278 Å². The molecule has 2 bridgehead atoms. The molecule has 2 aromatic carbocycles. The molecule has 0 aliphatic carbocycles. The van der Waals surface area contributed by atoms with Gasteiger partial charge in [0.25, 0.3) is 5.91 Å². The molecule has 0 saturated carbocycles. The van der Waals surface area contributed by atoms with Crippen molar-refractivity contribution in [3.8, 4) is 5.75 Å². The highest BCUT2D eigenvalue weighted by atomic mass is 32.1. The first-order valence-corrected chi connectivity index (χ1v) is 16.9. The van der Waals surface area contributed by atoms with Crippen LogP contribution in [-0.2, 0) is 43.2 Å². The molecular formula is C35H41N5O6S. The first kappa shape index (κ1) is 33.6. The van der Waals surface area contributed by atoms with Crippen LogP contribution in [0.25, 0.3) is 0 Å². The van der Waals surface area contributed by atoms with Crippen LogP contribution in [0.1, 0.15) is 42.2 Å². The summed E-state index contributed by atoms with van der Waals surface area (Å²) in [7, 11) is 0. The average Bonchev–Trinajstić information content (AvgIpc) is 3.79. The van der Waals surface area contributed by atoms with E-state index >= 15 is 0 Å². The van der Waals surface area contributed by atoms with E-state index < -0.39 is 41.9 Å². The molecule has 248 valence electrons. The Balaban J connectivity index is 1.34. The maximum absolute atomic E-state index is 13.9. The van der Waals surface area contributed by atoms with Crippen LogP contribution in [0.15, 0.2) is 72.1 Å². The fraction of sp³-hybridized carbons (Fsp3) is 0.400. The second-order valence-electron chi connectivity index (χ2n) is 11.9. The summed E-state index contributed by atoms with van der Waals surface area (Å²) in [6, 6.07) is 17.0. The number of carbonyl (C=O) groups excluding carboxylic acids is 5. The standard InChI is InChI=1S/C35H41N5O6S/c1-23-32(42)39-29(33(43)36-18-17-27-9-6-20-47-27)21-25-11-14-26(15-12-25)46-22-31(41)38-28(16-13-24-7-3-2-4-8-24)35(45)40-19-5-10-30(40)34(44)37-23/h2-4,6-9,11-12,14-15,20,23,28-30H,5,10,13,16-19,21-22H2,1H3,(H,36,43)(H,37,44)(H,38,41)(H,39,42)/t23-,28-,29-,30-/m0/s1. The maximum atomic E-state index is 13.9. The minimum Gasteiger partial charge on any atom is -0.484 e. The van der Waals surface area contributed by atoms with Crippen LogP contribution >= 0.6 is 11.3 Å². The van der Waals surface area contributed by atoms with Crippen molar-refractivity contribution in [3.05, 3.63) is 88.1 Å². The smallest absolute Gasteiger partial charge is 0.258 e. The molecule has 4 N–H and O–H groups in total. The van der Waals surface area contributed by atoms with E-state index in [9.17, 15) is 24.0 Å². The highest BCUT2D eigenvalue weighted by Crippen LogP contribution is 2.21. The Bertz CT molecular complexity index is 1530. The lowest BCUT2D eigenvalue weighted by molar-refractivity contribution is -0.142. The summed E-state index contributed by atoms with van der Waals surface area (Å²) < 4.78 is 5.73. The normalized spacial score (nSPS) is 22.5. The Kier molecular flexibility index (Phi) is 11.6. The third-order valence-electron chi connectivity index (χ3n) is 8.41. The van der Waals surface area contributed by atoms with E-state index in [2.05, 4.69) is 21.3 Å². The molecule has 47 heavy (non-hydrogen) atoms. The van der Waals surface area contributed by atoms with Crippen molar-refractivity contribution in [3.63, 3.8) is 0 Å². The molecular weight excluding hydrogens is 618 g/mol. The molecule has 1 aromatic heterocycles. The van der Waals surface area contributed by atoms with Crippen molar-refractivity contribution in [2.45, 2.75) is 69.6 Å². The van der Waals surface area contributed by atoms with Gasteiger partial charge >= 0.3 is 0 Å². The number of fused-ring (bicyclic) bond motifs is 13. The van der Waals surface area contributed by atoms with Crippen molar-refractivity contribution < 1.29 is 28.7 Å². The zero-order valence-corrected chi connectivity index (χ0v) is 27.2. The summed E-state index contributed by atoms with van der Waals surface area (Å²) >= 11 is 1.61. The third-order valence-corrected chi connectivity index (χ3v) is 9.34. The minimum absolute atomic E-state index is 0.200. The fourth-order valence-corrected chi connectivity index (χ4v) is 6.54. The molecule has 0 radical (unpaired) electrons. The van der Waals surface area contributed by atoms with Crippen LogP contribution in [0.3, 0.4) is 0 Å². The summed E-state index contributed by atoms with van der Waals surface area (Å²) in [5, 5.41) is 13.3. The summed E-state index contributed by atoms with van der Waals surface area (Å²) in [4.78, 5) is 69.6. The highest BCUT2D eigenvalue weighted by Gasteiger charge is 2.38. The lowest BCUT2D eigenvalue weighted by atomic mass is 10.0. The monoisotopic (exact) mass is 659 g/mol. The van der Waals surface area contributed by atoms with Crippen molar-refractivity contribution >= 4 is 40.9 Å². The number of benzene rings is 2. The van der Waals surface area contributed by atoms with E-state index in [1.807, 2.05) is 47.8 Å². The Morgan fingerprint density at radius 1 is 0.936 bits per heavy atom. The molecule has 12 heteroatoms. The van der Waals surface area contributed by atoms with Gasteiger partial charge in [0.2, 0.25) is 23.6 Å². The largest absolute Gasteiger partial charge is 0.484 e. The van der Waals surface area contributed by atoms with Gasteiger partial charge < -0.3 is 30.9 Å². The number of thiophene rings is 1. The quantitative estimate of drug-likeness (QED) is 0.306. The third kappa shape index (κ3) is 9.41. The summed E-state index contributed by atoms with van der Waals surface area (Å²) in [5.41, 5.74) is 1.79. The van der Waals surface area contributed by atoms with Gasteiger partial charge in [-0.05, 0) is 73.7 Å². The molecule has 4 heterocycles. The molecule has 1 fully saturated rings. The molecule has 0 unspecified atom stereocenters. The molecule has 0 spiro atoms. The molecule has 11 nitrogen and oxygen atoms in total. The molecule has 5 amide bonds. The van der Waals surface area contributed by atoms with Crippen LogP contribution in [0, 0.1) is 0 Å². The molecule has 6 rings (SSSR count). The number of amides is 5. The number of hydrogen-bond donors (Lipinski definition) is 4. The molecule has 4 atom stereocenters. The first-order chi connectivity index (χ1) is 22.8. The summed E-state index contributed by atoms with van der Waals surface area (Å²) in [6.07, 6.45) is 2.79. The Morgan fingerprint density at radius 2 is 1.72 bits per heavy atom. The Hall–Kier alpha value is -4.71. The van der Waals surface area contributed by atoms with Gasteiger partial charge in [0.15, 0.2) is 6.61 Å². The number of rotatable bonds is 7. The number of ether oxygens (including phenoxy) is 1. The lowest BCUT2D eigenvalue weighted by Gasteiger charge is -2.29. The van der Waals surface area contributed by atoms with E-state index in [0.29, 0.717) is 50.9 Å². The number of nitrogens with one attached hydrogen (secondary N) is 4. The van der Waals surface area contributed by atoms with Crippen LogP contribution < -0.4 is 26.0 Å². The summed E-state index contributed by atoms with van der Waals surface area (Å²) in [6.45, 7) is 2.01. The number of hydrogen-bond acceptors (Lipinski definition) is 7. The predicted octanol–water partition coefficient (Wildman–Crippen LogP) is 2.14. The van der Waals surface area contributed by atoms with Gasteiger partial charge in [-0.15, -0.1) is 11.3 Å². The number of carbonyl (C=O) groups is 5. The Morgan fingerprint density at radius 3 is 2.47 bits per heavy atom. The van der Waals surface area contributed by atoms with Crippen molar-refractivity contribution in [1.29, 1.82) is 0 Å². The molecule has 3 aliphatic heterocycles. The van der Waals surface area contributed by atoms with Crippen LogP contribution in [0.2, 0.25) is 0 Å². The predicted molar refractivity (Wildman–Crippen MR) is 178 cm³/mol. The average molecular weight is 660 g/mol. The topological polar surface area (TPSA) is 146 Å². The summed E-state index contributed by atoms with van der Waals surface area (Å²) in [5.74, 6) is -1.69. The van der Waals surface area contributed by atoms with Gasteiger partial charge in [0, 0.05) is 24.4 Å². The van der Waals surface area contributed by atoms with E-state index in [0.717, 1.165) is 16.0 Å². The van der Waals surface area contributed by atoms with Crippen LogP contribution in [0.4, 0.5) is 0 Å². The second kappa shape index (κ2) is 16.2. The number of aryl methyl sites for hydroxylation is 1. The molecule has 3 aromatic rings. The highest BCUT2D eigenvalue weighted by molar-refractivity contribution is 7.09. The van der Waals surface area contributed by atoms with Gasteiger partial charge in [0.1, 0.15) is 29.9 Å². The van der Waals surface area contributed by atoms with Gasteiger partial charge in [-0.1, -0.05) is 48.5 Å². The van der Waals surface area contributed by atoms with Gasteiger partial charge in [-0.25, -0.2) is 0 Å². The maximum Gasteiger partial charge on any atom is 0.258 e. The van der Waals surface area contributed by atoms with Gasteiger partial charge in [-0.2, -0.15) is 0 Å². The van der Waals surface area contributed by atoms with Crippen molar-refractivity contribution in [2.24, 2.45) is 0 Å². The van der Waals surface area contributed by atoms with E-state index in [1.165, 1.54) is 4.90 Å². The van der Waals surface area contributed by atoms with E-state index in [-0.39, 0.29) is 24.8 Å². The van der Waals surface area contributed by atoms with E-state index in [4.69, 9.17) is 4.74 Å². The van der Waals surface area contributed by atoms with Crippen molar-refractivity contribution in [2.75, 3.05) is 19.7 Å². The SMILES string of the molecule is C[C@@H]1NC(=O)[C@@H]2CCCN2C(=O)[C@H](CCc2ccccc2)NC(=O)COc2ccc(cc2)C[C@@H](C(=O)NCCc2cccs2)NC1=O. The van der Waals surface area contributed by atoms with E-state index in [1.54, 1.807) is 42.5 Å². The van der Waals surface area contributed by atoms with Crippen molar-refractivity contribution in [1.82, 2.24) is 26.2 Å². The molecule has 1 saturated heterocycles. The minimum atomic E-state index is -0.965. The van der Waals surface area contributed by atoms with Gasteiger partial charge in [-0.3, -0.25) is 24.0 Å². The number of nitrogens with zero attached hydrogens (tertiary/aromatic N) is 1. The zero-order chi connectivity index (χ0) is 33.2. The fourth-order valence-electron chi connectivity index (χ4n) is 5.83. The molecule has 3 aliphatic rings. The second-order valence-corrected chi connectivity index (χ2v) is 12.9. The van der Waals surface area contributed by atoms with Crippen LogP contribution in [-0.4, -0.2) is 78.3 Å². The first-order valence-electron chi connectivity index (χ1n) is 16.0. The van der Waals surface area contributed by atoms with Gasteiger partial charge in [0.05, 0.1) is 0 Å². The lowest BCUT2D eigenvalue weighted by Crippen LogP contribution is -2.57. The zero-order valence-electron chi connectivity index (χ0n) is 26.4. The van der Waals surface area contributed by atoms with Crippen LogP contribution in [0.5, 0.6) is 5.75 Å².